The van der Waals surface area contributed by atoms with Crippen LogP contribution in [-0.4, -0.2) is 52.9 Å². The minimum Gasteiger partial charge on any atom is -0.332 e. The minimum absolute atomic E-state index is 0.0450. The summed E-state index contributed by atoms with van der Waals surface area (Å²) in [7, 11) is 1.79. The van der Waals surface area contributed by atoms with Gasteiger partial charge in [-0.05, 0) is 25.0 Å². The van der Waals surface area contributed by atoms with Crippen LogP contribution in [-0.2, 0) is 11.3 Å². The van der Waals surface area contributed by atoms with Crippen LogP contribution in [0.3, 0.4) is 0 Å². The molecule has 6 nitrogen and oxygen atoms in total. The maximum Gasteiger partial charge on any atom is 0.324 e. The van der Waals surface area contributed by atoms with Gasteiger partial charge in [-0.25, -0.2) is 9.78 Å². The Bertz CT molecular complexity index is 780. The summed E-state index contributed by atoms with van der Waals surface area (Å²) in [6.45, 7) is 1.63. The molecule has 3 saturated heterocycles. The number of urea groups is 1. The highest BCUT2D eigenvalue weighted by molar-refractivity contribution is 7.07. The van der Waals surface area contributed by atoms with Crippen LogP contribution in [0.5, 0.6) is 0 Å². The van der Waals surface area contributed by atoms with Crippen molar-refractivity contribution in [3.05, 3.63) is 46.9 Å². The van der Waals surface area contributed by atoms with Crippen LogP contribution >= 0.6 is 11.3 Å². The van der Waals surface area contributed by atoms with Crippen molar-refractivity contribution >= 4 is 29.0 Å². The molecule has 2 aromatic rings. The number of nitrogens with zero attached hydrogens (tertiary/aromatic N) is 4. The van der Waals surface area contributed by atoms with Crippen molar-refractivity contribution in [2.75, 3.05) is 25.0 Å². The van der Waals surface area contributed by atoms with Gasteiger partial charge in [0.25, 0.3) is 0 Å². The van der Waals surface area contributed by atoms with E-state index in [0.717, 1.165) is 24.2 Å². The molecule has 1 aromatic carbocycles. The quantitative estimate of drug-likeness (QED) is 0.835. The molecule has 1 aromatic heterocycles. The molecule has 136 valence electrons. The molecule has 26 heavy (non-hydrogen) atoms. The summed E-state index contributed by atoms with van der Waals surface area (Å²) in [6, 6.07) is 9.64. The first-order valence-corrected chi connectivity index (χ1v) is 9.83. The molecule has 3 aliphatic heterocycles. The molecule has 2 bridgehead atoms. The molecule has 3 amide bonds. The van der Waals surface area contributed by atoms with Gasteiger partial charge in [0.05, 0.1) is 23.7 Å². The number of anilines is 1. The van der Waals surface area contributed by atoms with Gasteiger partial charge in [-0.3, -0.25) is 9.69 Å². The van der Waals surface area contributed by atoms with E-state index in [1.165, 1.54) is 0 Å². The average molecular weight is 370 g/mol. The number of hydrogen-bond donors (Lipinski definition) is 0. The Morgan fingerprint density at radius 1 is 1.27 bits per heavy atom. The lowest BCUT2D eigenvalue weighted by Crippen LogP contribution is -2.48. The van der Waals surface area contributed by atoms with Crippen molar-refractivity contribution in [3.8, 4) is 0 Å². The molecule has 0 saturated carbocycles. The Morgan fingerprint density at radius 2 is 2.08 bits per heavy atom. The standard InChI is InChI=1S/C19H22N4O2S/c1-21(16-5-3-2-4-6-16)19(25)22-9-14-7-8-17(11-22)23(18(14)24)10-15-12-26-13-20-15/h2-6,12-14,17H,7-11H2,1H3/t14-,17+/m1/s1. The van der Waals surface area contributed by atoms with Gasteiger partial charge in [0.15, 0.2) is 0 Å². The van der Waals surface area contributed by atoms with Crippen molar-refractivity contribution in [2.45, 2.75) is 25.4 Å². The van der Waals surface area contributed by atoms with Crippen LogP contribution in [0, 0.1) is 5.92 Å². The molecule has 0 N–H and O–H groups in total. The van der Waals surface area contributed by atoms with Gasteiger partial charge >= 0.3 is 6.03 Å². The molecule has 5 rings (SSSR count). The van der Waals surface area contributed by atoms with Crippen LogP contribution < -0.4 is 4.90 Å². The molecule has 3 fully saturated rings. The number of rotatable bonds is 3. The zero-order chi connectivity index (χ0) is 18.1. The highest BCUT2D eigenvalue weighted by Crippen LogP contribution is 2.31. The first kappa shape index (κ1) is 17.0. The van der Waals surface area contributed by atoms with E-state index in [1.54, 1.807) is 28.8 Å². The fraction of sp³-hybridized carbons (Fsp3) is 0.421. The Balaban J connectivity index is 1.52. The lowest BCUT2D eigenvalue weighted by molar-refractivity contribution is -0.140. The predicted octanol–water partition coefficient (Wildman–Crippen LogP) is 2.82. The van der Waals surface area contributed by atoms with Crippen molar-refractivity contribution in [2.24, 2.45) is 5.92 Å². The molecule has 0 unspecified atom stereocenters. The third-order valence-corrected chi connectivity index (χ3v) is 5.95. The van der Waals surface area contributed by atoms with Crippen molar-refractivity contribution in [1.82, 2.24) is 14.8 Å². The number of carbonyl (C=O) groups excluding carboxylic acids is 2. The van der Waals surface area contributed by atoms with Crippen LogP contribution in [0.25, 0.3) is 0 Å². The molecule has 0 radical (unpaired) electrons. The molecule has 2 atom stereocenters. The van der Waals surface area contributed by atoms with E-state index in [9.17, 15) is 9.59 Å². The van der Waals surface area contributed by atoms with Crippen LogP contribution in [0.1, 0.15) is 18.5 Å². The molecule has 3 aliphatic rings. The summed E-state index contributed by atoms with van der Waals surface area (Å²) in [4.78, 5) is 35.7. The second-order valence-electron chi connectivity index (χ2n) is 6.96. The van der Waals surface area contributed by atoms with Crippen molar-refractivity contribution in [1.29, 1.82) is 0 Å². The SMILES string of the molecule is CN(C(=O)N1C[C@H]2CC[C@@H](C1)N(Cc1cscn1)C2=O)c1ccccc1. The fourth-order valence-electron chi connectivity index (χ4n) is 3.87. The zero-order valence-electron chi connectivity index (χ0n) is 14.7. The Kier molecular flexibility index (Phi) is 4.63. The Hall–Kier alpha value is -2.41. The summed E-state index contributed by atoms with van der Waals surface area (Å²) in [5.41, 5.74) is 3.58. The summed E-state index contributed by atoms with van der Waals surface area (Å²) in [6.07, 6.45) is 1.80. The second kappa shape index (κ2) is 7.07. The molecule has 7 heteroatoms. The third kappa shape index (κ3) is 3.19. The summed E-state index contributed by atoms with van der Waals surface area (Å²) in [5, 5.41) is 1.98. The molecular formula is C19H22N4O2S. The fourth-order valence-corrected chi connectivity index (χ4v) is 4.42. The Labute approximate surface area is 157 Å². The summed E-state index contributed by atoms with van der Waals surface area (Å²) in [5.74, 6) is 0.0485. The summed E-state index contributed by atoms with van der Waals surface area (Å²) < 4.78 is 0. The normalized spacial score (nSPS) is 22.4. The van der Waals surface area contributed by atoms with E-state index in [4.69, 9.17) is 0 Å². The molecule has 0 spiro atoms. The van der Waals surface area contributed by atoms with Crippen LogP contribution in [0.15, 0.2) is 41.2 Å². The van der Waals surface area contributed by atoms with Gasteiger partial charge in [-0.15, -0.1) is 11.3 Å². The Morgan fingerprint density at radius 3 is 2.81 bits per heavy atom. The van der Waals surface area contributed by atoms with Gasteiger partial charge in [-0.1, -0.05) is 18.2 Å². The highest BCUT2D eigenvalue weighted by atomic mass is 32.1. The van der Waals surface area contributed by atoms with E-state index in [-0.39, 0.29) is 23.9 Å². The lowest BCUT2D eigenvalue weighted by atomic mass is 9.94. The predicted molar refractivity (Wildman–Crippen MR) is 101 cm³/mol. The third-order valence-electron chi connectivity index (χ3n) is 5.31. The van der Waals surface area contributed by atoms with Gasteiger partial charge in [0, 0.05) is 37.2 Å². The number of hydrogen-bond acceptors (Lipinski definition) is 4. The minimum atomic E-state index is -0.111. The van der Waals surface area contributed by atoms with Gasteiger partial charge in [-0.2, -0.15) is 0 Å². The average Bonchev–Trinajstić information content (AvgIpc) is 3.04. The van der Waals surface area contributed by atoms with E-state index in [0.29, 0.717) is 19.6 Å². The largest absolute Gasteiger partial charge is 0.332 e. The van der Waals surface area contributed by atoms with E-state index in [2.05, 4.69) is 4.98 Å². The number of fused-ring (bicyclic) bond motifs is 4. The van der Waals surface area contributed by atoms with Crippen LogP contribution in [0.2, 0.25) is 0 Å². The smallest absolute Gasteiger partial charge is 0.324 e. The first-order chi connectivity index (χ1) is 12.6. The number of piperidine rings is 1. The molecule has 0 aliphatic carbocycles. The molecular weight excluding hydrogens is 348 g/mol. The van der Waals surface area contributed by atoms with Gasteiger partial charge in [0.1, 0.15) is 0 Å². The monoisotopic (exact) mass is 370 g/mol. The summed E-state index contributed by atoms with van der Waals surface area (Å²) >= 11 is 1.54. The number of thiazole rings is 1. The van der Waals surface area contributed by atoms with Gasteiger partial charge < -0.3 is 9.80 Å². The number of aromatic nitrogens is 1. The molecule has 4 heterocycles. The van der Waals surface area contributed by atoms with Gasteiger partial charge in [0.2, 0.25) is 5.91 Å². The van der Waals surface area contributed by atoms with E-state index in [1.807, 2.05) is 45.5 Å². The topological polar surface area (TPSA) is 56.8 Å². The highest BCUT2D eigenvalue weighted by Gasteiger charge is 2.42. The number of benzene rings is 1. The maximum atomic E-state index is 13.0. The maximum absolute atomic E-state index is 13.0. The van der Waals surface area contributed by atoms with Crippen molar-refractivity contribution < 1.29 is 9.59 Å². The lowest BCUT2D eigenvalue weighted by Gasteiger charge is -2.35. The number of para-hydroxylation sites is 1. The van der Waals surface area contributed by atoms with E-state index >= 15 is 0 Å². The zero-order valence-corrected chi connectivity index (χ0v) is 15.6. The van der Waals surface area contributed by atoms with E-state index < -0.39 is 0 Å². The second-order valence-corrected chi connectivity index (χ2v) is 7.67. The van der Waals surface area contributed by atoms with Crippen molar-refractivity contribution in [3.63, 3.8) is 0 Å². The number of amides is 3. The first-order valence-electron chi connectivity index (χ1n) is 8.88. The number of carbonyl (C=O) groups is 2. The van der Waals surface area contributed by atoms with Crippen LogP contribution in [0.4, 0.5) is 10.5 Å².